The van der Waals surface area contributed by atoms with Gasteiger partial charge in [0.25, 0.3) is 5.56 Å². The van der Waals surface area contributed by atoms with E-state index in [1.54, 1.807) is 6.07 Å². The van der Waals surface area contributed by atoms with Crippen LogP contribution >= 0.6 is 0 Å². The molecule has 0 saturated carbocycles. The zero-order valence-corrected chi connectivity index (χ0v) is 24.1. The van der Waals surface area contributed by atoms with Crippen molar-refractivity contribution in [1.29, 1.82) is 0 Å². The molecule has 0 bridgehead atoms. The van der Waals surface area contributed by atoms with Crippen LogP contribution in [0.2, 0.25) is 0 Å². The fraction of sp³-hybridized carbons (Fsp3) is 0.200. The fourth-order valence-electron chi connectivity index (χ4n) is 6.11. The highest BCUT2D eigenvalue weighted by Crippen LogP contribution is 2.45. The average molecular weight is 599 g/mol. The van der Waals surface area contributed by atoms with Gasteiger partial charge in [-0.3, -0.25) is 9.36 Å². The van der Waals surface area contributed by atoms with Crippen molar-refractivity contribution in [2.75, 3.05) is 25.7 Å². The molecule has 0 N–H and O–H groups in total. The van der Waals surface area contributed by atoms with Gasteiger partial charge in [0.2, 0.25) is 0 Å². The van der Waals surface area contributed by atoms with Gasteiger partial charge in [-0.15, -0.1) is 0 Å². The lowest BCUT2D eigenvalue weighted by molar-refractivity contribution is -0.144. The summed E-state index contributed by atoms with van der Waals surface area (Å²) < 4.78 is 54.2. The van der Waals surface area contributed by atoms with Crippen molar-refractivity contribution in [2.45, 2.75) is 25.2 Å². The van der Waals surface area contributed by atoms with E-state index >= 15 is 0 Å². The van der Waals surface area contributed by atoms with E-state index < -0.39 is 29.3 Å². The second-order valence-corrected chi connectivity index (χ2v) is 10.7. The smallest absolute Gasteiger partial charge is 0.416 e. The number of benzene rings is 4. The molecule has 4 aromatic carbocycles. The number of fused-ring (bicyclic) bond motifs is 2. The second kappa shape index (κ2) is 11.6. The topological polar surface area (TPSA) is 60.8 Å². The Morgan fingerprint density at radius 1 is 0.909 bits per heavy atom. The van der Waals surface area contributed by atoms with Gasteiger partial charge in [0.15, 0.2) is 11.8 Å². The molecule has 0 saturated heterocycles. The van der Waals surface area contributed by atoms with Crippen molar-refractivity contribution in [3.05, 3.63) is 130 Å². The molecule has 2 heterocycles. The molecule has 44 heavy (non-hydrogen) atoms. The lowest BCUT2D eigenvalue weighted by atomic mass is 9.91. The number of ether oxygens (including phenoxy) is 2. The standard InChI is InChI=1S/C35H29F3N2O4/c1-43-31-28(19-24-14-8-13-23-12-6-7-17-27(23)24)30(25-15-9-16-26(18-25)35(36,37)38)32-39(20-22-10-4-3-5-11-22)21-29(34(42)44-2)40(32)33(31)41/h3-18,29H,19-21H2,1-2H3. The SMILES string of the molecule is COC(=O)C1CN(Cc2ccccc2)c2c(-c3cccc(C(F)(F)F)c3)c(Cc3cccc4ccccc34)c(OC)c(=O)n21. The maximum atomic E-state index is 14.2. The van der Waals surface area contributed by atoms with Gasteiger partial charge in [-0.2, -0.15) is 13.2 Å². The minimum Gasteiger partial charge on any atom is -0.491 e. The van der Waals surface area contributed by atoms with Gasteiger partial charge in [-0.1, -0.05) is 84.9 Å². The third-order valence-corrected chi connectivity index (χ3v) is 8.06. The minimum atomic E-state index is -4.59. The molecule has 1 aromatic heterocycles. The predicted octanol–water partition coefficient (Wildman–Crippen LogP) is 7.02. The van der Waals surface area contributed by atoms with Gasteiger partial charge >= 0.3 is 12.1 Å². The summed E-state index contributed by atoms with van der Waals surface area (Å²) in [4.78, 5) is 29.2. The molecule has 1 atom stereocenters. The number of esters is 1. The predicted molar refractivity (Wildman–Crippen MR) is 163 cm³/mol. The van der Waals surface area contributed by atoms with Crippen LogP contribution in [0.3, 0.4) is 0 Å². The molecule has 5 aromatic rings. The highest BCUT2D eigenvalue weighted by atomic mass is 19.4. The lowest BCUT2D eigenvalue weighted by Gasteiger charge is -2.25. The lowest BCUT2D eigenvalue weighted by Crippen LogP contribution is -2.30. The zero-order valence-electron chi connectivity index (χ0n) is 24.1. The third-order valence-electron chi connectivity index (χ3n) is 8.06. The molecule has 0 spiro atoms. The van der Waals surface area contributed by atoms with E-state index in [1.165, 1.54) is 24.9 Å². The number of carbonyl (C=O) groups excluding carboxylic acids is 1. The quantitative estimate of drug-likeness (QED) is 0.189. The molecule has 0 fully saturated rings. The van der Waals surface area contributed by atoms with Crippen LogP contribution in [0.25, 0.3) is 21.9 Å². The summed E-state index contributed by atoms with van der Waals surface area (Å²) in [6, 6.07) is 27.1. The number of pyridine rings is 1. The summed E-state index contributed by atoms with van der Waals surface area (Å²) in [5, 5.41) is 1.93. The van der Waals surface area contributed by atoms with E-state index in [0.717, 1.165) is 34.0 Å². The Bertz CT molecular complexity index is 1910. The highest BCUT2D eigenvalue weighted by Gasteiger charge is 2.40. The Kier molecular flexibility index (Phi) is 7.63. The summed E-state index contributed by atoms with van der Waals surface area (Å²) >= 11 is 0. The summed E-state index contributed by atoms with van der Waals surface area (Å²) in [5.74, 6) is -0.336. The highest BCUT2D eigenvalue weighted by molar-refractivity contribution is 5.89. The monoisotopic (exact) mass is 598 g/mol. The molecule has 6 rings (SSSR count). The van der Waals surface area contributed by atoms with E-state index in [-0.39, 0.29) is 24.3 Å². The van der Waals surface area contributed by atoms with Crippen molar-refractivity contribution < 1.29 is 27.4 Å². The molecule has 1 unspecified atom stereocenters. The first-order chi connectivity index (χ1) is 21.2. The number of methoxy groups -OCH3 is 2. The van der Waals surface area contributed by atoms with Crippen LogP contribution in [0.5, 0.6) is 5.75 Å². The third kappa shape index (κ3) is 5.19. The minimum absolute atomic E-state index is 0.0374. The first kappa shape index (κ1) is 29.0. The first-order valence-electron chi connectivity index (χ1n) is 14.1. The van der Waals surface area contributed by atoms with Crippen LogP contribution in [0, 0.1) is 0 Å². The molecule has 0 aliphatic carbocycles. The Morgan fingerprint density at radius 3 is 2.34 bits per heavy atom. The molecule has 9 heteroatoms. The van der Waals surface area contributed by atoms with Gasteiger partial charge in [0, 0.05) is 24.1 Å². The van der Waals surface area contributed by atoms with Crippen LogP contribution < -0.4 is 15.2 Å². The van der Waals surface area contributed by atoms with Gasteiger partial charge < -0.3 is 14.4 Å². The number of nitrogens with zero attached hydrogens (tertiary/aromatic N) is 2. The molecule has 6 nitrogen and oxygen atoms in total. The van der Waals surface area contributed by atoms with Crippen LogP contribution in [-0.2, 0) is 28.7 Å². The van der Waals surface area contributed by atoms with E-state index in [9.17, 15) is 22.8 Å². The molecule has 224 valence electrons. The van der Waals surface area contributed by atoms with Crippen LogP contribution in [0.4, 0.5) is 19.0 Å². The van der Waals surface area contributed by atoms with E-state index in [2.05, 4.69) is 0 Å². The second-order valence-electron chi connectivity index (χ2n) is 10.7. The first-order valence-corrected chi connectivity index (χ1v) is 14.1. The summed E-state index contributed by atoms with van der Waals surface area (Å²) in [6.07, 6.45) is -4.40. The molecule has 1 aliphatic heterocycles. The van der Waals surface area contributed by atoms with Crippen molar-refractivity contribution >= 4 is 22.6 Å². The van der Waals surface area contributed by atoms with Crippen LogP contribution in [-0.4, -0.2) is 31.3 Å². The van der Waals surface area contributed by atoms with Gasteiger partial charge in [-0.25, -0.2) is 4.79 Å². The van der Waals surface area contributed by atoms with Crippen molar-refractivity contribution in [1.82, 2.24) is 4.57 Å². The fourth-order valence-corrected chi connectivity index (χ4v) is 6.11. The number of hydrogen-bond acceptors (Lipinski definition) is 5. The average Bonchev–Trinajstić information content (AvgIpc) is 3.40. The number of anilines is 1. The van der Waals surface area contributed by atoms with Crippen molar-refractivity contribution in [3.63, 3.8) is 0 Å². The summed E-state index contributed by atoms with van der Waals surface area (Å²) in [5.41, 5.74) is 1.47. The van der Waals surface area contributed by atoms with Crippen molar-refractivity contribution in [2.24, 2.45) is 0 Å². The maximum Gasteiger partial charge on any atom is 0.416 e. The van der Waals surface area contributed by atoms with E-state index in [0.29, 0.717) is 23.5 Å². The van der Waals surface area contributed by atoms with E-state index in [4.69, 9.17) is 9.47 Å². The number of carbonyl (C=O) groups is 1. The van der Waals surface area contributed by atoms with Crippen molar-refractivity contribution in [3.8, 4) is 16.9 Å². The van der Waals surface area contributed by atoms with Gasteiger partial charge in [0.05, 0.1) is 26.3 Å². The summed E-state index contributed by atoms with van der Waals surface area (Å²) in [6.45, 7) is 0.392. The maximum absolute atomic E-state index is 14.2. The Hall–Kier alpha value is -5.05. The summed E-state index contributed by atoms with van der Waals surface area (Å²) in [7, 11) is 2.60. The molecule has 0 amide bonds. The zero-order chi connectivity index (χ0) is 31.0. The molecule has 1 aliphatic rings. The number of hydrogen-bond donors (Lipinski definition) is 0. The Balaban J connectivity index is 1.69. The largest absolute Gasteiger partial charge is 0.491 e. The Labute approximate surface area is 251 Å². The number of aromatic nitrogens is 1. The van der Waals surface area contributed by atoms with Crippen LogP contribution in [0.15, 0.2) is 102 Å². The van der Waals surface area contributed by atoms with E-state index in [1.807, 2.05) is 77.7 Å². The number of halogens is 3. The van der Waals surface area contributed by atoms with Crippen LogP contribution in [0.1, 0.15) is 28.3 Å². The number of alkyl halides is 3. The van der Waals surface area contributed by atoms with Gasteiger partial charge in [-0.05, 0) is 39.6 Å². The van der Waals surface area contributed by atoms with Gasteiger partial charge in [0.1, 0.15) is 5.82 Å². The molecular formula is C35H29F3N2O4. The normalized spacial score (nSPS) is 14.5. The molecular weight excluding hydrogens is 569 g/mol. The number of rotatable bonds is 7. The molecule has 0 radical (unpaired) electrons. The Morgan fingerprint density at radius 2 is 1.61 bits per heavy atom.